The Morgan fingerprint density at radius 2 is 1.96 bits per heavy atom. The number of aromatic amines is 1. The normalized spacial score (nSPS) is 12.2. The molecule has 2 aromatic carbocycles. The van der Waals surface area contributed by atoms with Gasteiger partial charge in [0.2, 0.25) is 0 Å². The summed E-state index contributed by atoms with van der Waals surface area (Å²) in [6.45, 7) is 2.15. The van der Waals surface area contributed by atoms with Crippen LogP contribution in [0.1, 0.15) is 36.3 Å². The van der Waals surface area contributed by atoms with Crippen LogP contribution in [0.4, 0.5) is 0 Å². The first-order valence-corrected chi connectivity index (χ1v) is 8.60. The number of nitrogens with zero attached hydrogens (tertiary/aromatic N) is 1. The third kappa shape index (κ3) is 4.25. The van der Waals surface area contributed by atoms with Crippen LogP contribution in [-0.4, -0.2) is 22.5 Å². The SMILES string of the molecule is CCOC(=O)CC(N)c1cccc2[nH]c(CCc3ccccc3)nc12. The van der Waals surface area contributed by atoms with Crippen LogP contribution in [-0.2, 0) is 22.4 Å². The largest absolute Gasteiger partial charge is 0.466 e. The van der Waals surface area contributed by atoms with E-state index in [1.807, 2.05) is 36.4 Å². The van der Waals surface area contributed by atoms with Crippen molar-refractivity contribution in [2.75, 3.05) is 6.61 Å². The number of benzene rings is 2. The summed E-state index contributed by atoms with van der Waals surface area (Å²) in [5, 5.41) is 0. The number of carbonyl (C=O) groups is 1. The minimum Gasteiger partial charge on any atom is -0.466 e. The smallest absolute Gasteiger partial charge is 0.307 e. The lowest BCUT2D eigenvalue weighted by molar-refractivity contribution is -0.143. The van der Waals surface area contributed by atoms with Gasteiger partial charge < -0.3 is 15.5 Å². The number of carbonyl (C=O) groups excluding carboxylic acids is 1. The van der Waals surface area contributed by atoms with Crippen molar-refractivity contribution in [1.82, 2.24) is 9.97 Å². The number of ether oxygens (including phenoxy) is 1. The maximum absolute atomic E-state index is 11.7. The third-order valence-corrected chi connectivity index (χ3v) is 4.18. The summed E-state index contributed by atoms with van der Waals surface area (Å²) in [6, 6.07) is 15.7. The molecular formula is C20H23N3O2. The molecule has 0 spiro atoms. The Morgan fingerprint density at radius 3 is 2.72 bits per heavy atom. The molecule has 5 heteroatoms. The highest BCUT2D eigenvalue weighted by Gasteiger charge is 2.17. The van der Waals surface area contributed by atoms with Gasteiger partial charge in [-0.25, -0.2) is 4.98 Å². The van der Waals surface area contributed by atoms with E-state index >= 15 is 0 Å². The Morgan fingerprint density at radius 1 is 1.16 bits per heavy atom. The van der Waals surface area contributed by atoms with Crippen molar-refractivity contribution in [3.8, 4) is 0 Å². The number of imidazole rings is 1. The van der Waals surface area contributed by atoms with Gasteiger partial charge in [-0.05, 0) is 30.5 Å². The molecule has 0 fully saturated rings. The summed E-state index contributed by atoms with van der Waals surface area (Å²) in [7, 11) is 0. The number of para-hydroxylation sites is 1. The van der Waals surface area contributed by atoms with E-state index in [1.54, 1.807) is 6.92 Å². The van der Waals surface area contributed by atoms with E-state index in [2.05, 4.69) is 17.1 Å². The number of nitrogens with two attached hydrogens (primary N) is 1. The number of aryl methyl sites for hydroxylation is 2. The molecule has 3 N–H and O–H groups in total. The van der Waals surface area contributed by atoms with Crippen LogP contribution in [0.2, 0.25) is 0 Å². The maximum Gasteiger partial charge on any atom is 0.307 e. The lowest BCUT2D eigenvalue weighted by Crippen LogP contribution is -2.17. The average Bonchev–Trinajstić information content (AvgIpc) is 3.04. The van der Waals surface area contributed by atoms with E-state index in [9.17, 15) is 4.79 Å². The van der Waals surface area contributed by atoms with Crippen LogP contribution >= 0.6 is 0 Å². The molecular weight excluding hydrogens is 314 g/mol. The summed E-state index contributed by atoms with van der Waals surface area (Å²) in [6.07, 6.45) is 1.90. The molecule has 5 nitrogen and oxygen atoms in total. The first-order valence-electron chi connectivity index (χ1n) is 8.60. The van der Waals surface area contributed by atoms with Gasteiger partial charge in [0, 0.05) is 12.5 Å². The first kappa shape index (κ1) is 17.2. The number of esters is 1. The van der Waals surface area contributed by atoms with E-state index in [-0.39, 0.29) is 12.4 Å². The molecule has 1 aromatic heterocycles. The average molecular weight is 337 g/mol. The van der Waals surface area contributed by atoms with Crippen LogP contribution in [0.25, 0.3) is 11.0 Å². The molecule has 0 saturated heterocycles. The molecule has 0 aliphatic rings. The van der Waals surface area contributed by atoms with E-state index in [0.29, 0.717) is 6.61 Å². The van der Waals surface area contributed by atoms with Gasteiger partial charge in [-0.1, -0.05) is 42.5 Å². The number of fused-ring (bicyclic) bond motifs is 1. The van der Waals surface area contributed by atoms with Crippen LogP contribution in [0.15, 0.2) is 48.5 Å². The van der Waals surface area contributed by atoms with E-state index in [4.69, 9.17) is 15.5 Å². The van der Waals surface area contributed by atoms with Gasteiger partial charge in [0.25, 0.3) is 0 Å². The summed E-state index contributed by atoms with van der Waals surface area (Å²) in [4.78, 5) is 19.8. The number of H-pyrrole nitrogens is 1. The van der Waals surface area contributed by atoms with E-state index < -0.39 is 6.04 Å². The van der Waals surface area contributed by atoms with Gasteiger partial charge in [-0.15, -0.1) is 0 Å². The quantitative estimate of drug-likeness (QED) is 0.648. The van der Waals surface area contributed by atoms with Gasteiger partial charge in [0.05, 0.1) is 24.1 Å². The molecule has 0 bridgehead atoms. The Balaban J connectivity index is 1.77. The third-order valence-electron chi connectivity index (χ3n) is 4.18. The predicted molar refractivity (Wildman–Crippen MR) is 98.1 cm³/mol. The minimum absolute atomic E-state index is 0.152. The maximum atomic E-state index is 11.7. The van der Waals surface area contributed by atoms with Crippen LogP contribution in [0.3, 0.4) is 0 Å². The summed E-state index contributed by atoms with van der Waals surface area (Å²) in [5.74, 6) is 0.640. The monoisotopic (exact) mass is 337 g/mol. The second-order valence-electron chi connectivity index (χ2n) is 6.03. The molecule has 25 heavy (non-hydrogen) atoms. The summed E-state index contributed by atoms with van der Waals surface area (Å²) in [5.41, 5.74) is 10.1. The van der Waals surface area contributed by atoms with Crippen molar-refractivity contribution in [2.24, 2.45) is 5.73 Å². The molecule has 3 aromatic rings. The molecule has 1 unspecified atom stereocenters. The fraction of sp³-hybridized carbons (Fsp3) is 0.300. The molecule has 3 rings (SSSR count). The van der Waals surface area contributed by atoms with Crippen molar-refractivity contribution >= 4 is 17.0 Å². The van der Waals surface area contributed by atoms with Crippen molar-refractivity contribution < 1.29 is 9.53 Å². The van der Waals surface area contributed by atoms with Crippen molar-refractivity contribution in [3.63, 3.8) is 0 Å². The molecule has 1 atom stereocenters. The van der Waals surface area contributed by atoms with Crippen LogP contribution in [0, 0.1) is 0 Å². The highest BCUT2D eigenvalue weighted by molar-refractivity contribution is 5.80. The molecule has 0 saturated carbocycles. The van der Waals surface area contributed by atoms with Gasteiger partial charge in [-0.2, -0.15) is 0 Å². The predicted octanol–water partition coefficient (Wildman–Crippen LogP) is 3.30. The number of nitrogens with one attached hydrogen (secondary N) is 1. The first-order chi connectivity index (χ1) is 12.2. The highest BCUT2D eigenvalue weighted by Crippen LogP contribution is 2.24. The second kappa shape index (κ2) is 7.94. The summed E-state index contributed by atoms with van der Waals surface area (Å²) < 4.78 is 4.99. The Bertz CT molecular complexity index is 843. The molecule has 1 heterocycles. The number of hydrogen-bond acceptors (Lipinski definition) is 4. The van der Waals surface area contributed by atoms with E-state index in [0.717, 1.165) is 35.3 Å². The van der Waals surface area contributed by atoms with E-state index in [1.165, 1.54) is 5.56 Å². The zero-order valence-electron chi connectivity index (χ0n) is 14.4. The fourth-order valence-corrected chi connectivity index (χ4v) is 2.94. The molecule has 0 aliphatic heterocycles. The van der Waals surface area contributed by atoms with Crippen LogP contribution < -0.4 is 5.73 Å². The number of aromatic nitrogens is 2. The zero-order valence-corrected chi connectivity index (χ0v) is 14.4. The second-order valence-corrected chi connectivity index (χ2v) is 6.03. The Kier molecular flexibility index (Phi) is 5.46. The van der Waals surface area contributed by atoms with Crippen LogP contribution in [0.5, 0.6) is 0 Å². The fourth-order valence-electron chi connectivity index (χ4n) is 2.94. The Hall–Kier alpha value is -2.66. The number of hydrogen-bond donors (Lipinski definition) is 2. The minimum atomic E-state index is -0.423. The van der Waals surface area contributed by atoms with Gasteiger partial charge >= 0.3 is 5.97 Å². The lowest BCUT2D eigenvalue weighted by atomic mass is 10.0. The molecule has 0 radical (unpaired) electrons. The molecule has 0 aliphatic carbocycles. The van der Waals surface area contributed by atoms with Crippen molar-refractivity contribution in [3.05, 3.63) is 65.5 Å². The van der Waals surface area contributed by atoms with Gasteiger partial charge in [-0.3, -0.25) is 4.79 Å². The van der Waals surface area contributed by atoms with Crippen molar-refractivity contribution in [1.29, 1.82) is 0 Å². The number of rotatable bonds is 7. The lowest BCUT2D eigenvalue weighted by Gasteiger charge is -2.11. The molecule has 0 amide bonds. The zero-order chi connectivity index (χ0) is 17.6. The Labute approximate surface area is 147 Å². The van der Waals surface area contributed by atoms with Gasteiger partial charge in [0.1, 0.15) is 5.82 Å². The standard InChI is InChI=1S/C20H23N3O2/c1-2-25-19(24)13-16(21)15-9-6-10-17-20(15)23-18(22-17)12-11-14-7-4-3-5-8-14/h3-10,16H,2,11-13,21H2,1H3,(H,22,23). The molecule has 130 valence electrons. The summed E-state index contributed by atoms with van der Waals surface area (Å²) >= 11 is 0. The topological polar surface area (TPSA) is 81.0 Å². The van der Waals surface area contributed by atoms with Gasteiger partial charge in [0.15, 0.2) is 0 Å². The highest BCUT2D eigenvalue weighted by atomic mass is 16.5. The van der Waals surface area contributed by atoms with Crippen molar-refractivity contribution in [2.45, 2.75) is 32.2 Å².